The highest BCUT2D eigenvalue weighted by Gasteiger charge is 2.19. The molecule has 3 rings (SSSR count). The standard InChI is InChI=1S/C19H26N4O2/c1-14(2)16-5-7-17(8-6-16)19-20-18(25-21-19)13-22-9-4-10-23(12-11-22)15(3)24/h5-8,14H,4,9-13H2,1-3H3. The average Bonchev–Trinajstić information content (AvgIpc) is 2.92. The minimum atomic E-state index is 0.145. The van der Waals surface area contributed by atoms with Crippen LogP contribution in [0, 0.1) is 0 Å². The van der Waals surface area contributed by atoms with E-state index in [0.717, 1.165) is 38.2 Å². The van der Waals surface area contributed by atoms with Gasteiger partial charge in [-0.3, -0.25) is 9.69 Å². The summed E-state index contributed by atoms with van der Waals surface area (Å²) in [5.41, 5.74) is 2.27. The van der Waals surface area contributed by atoms with Gasteiger partial charge in [-0.2, -0.15) is 4.98 Å². The molecule has 25 heavy (non-hydrogen) atoms. The second-order valence-electron chi connectivity index (χ2n) is 6.92. The largest absolute Gasteiger partial charge is 0.342 e. The second-order valence-corrected chi connectivity index (χ2v) is 6.92. The number of hydrogen-bond acceptors (Lipinski definition) is 5. The Bertz CT molecular complexity index is 708. The van der Waals surface area contributed by atoms with Crippen molar-refractivity contribution in [2.45, 2.75) is 39.7 Å². The summed E-state index contributed by atoms with van der Waals surface area (Å²) in [6.45, 7) is 9.96. The van der Waals surface area contributed by atoms with Crippen LogP contribution in [0.15, 0.2) is 28.8 Å². The van der Waals surface area contributed by atoms with E-state index in [1.165, 1.54) is 5.56 Å². The van der Waals surface area contributed by atoms with Crippen molar-refractivity contribution in [3.8, 4) is 11.4 Å². The van der Waals surface area contributed by atoms with Crippen molar-refractivity contribution >= 4 is 5.91 Å². The Morgan fingerprint density at radius 1 is 1.16 bits per heavy atom. The first-order valence-electron chi connectivity index (χ1n) is 8.93. The van der Waals surface area contributed by atoms with Gasteiger partial charge < -0.3 is 9.42 Å². The number of benzene rings is 1. The van der Waals surface area contributed by atoms with Gasteiger partial charge in [0.1, 0.15) is 0 Å². The fourth-order valence-electron chi connectivity index (χ4n) is 3.09. The fourth-order valence-corrected chi connectivity index (χ4v) is 3.09. The number of nitrogens with zero attached hydrogens (tertiary/aromatic N) is 4. The SMILES string of the molecule is CC(=O)N1CCCN(Cc2nc(-c3ccc(C(C)C)cc3)no2)CC1. The minimum Gasteiger partial charge on any atom is -0.342 e. The first-order chi connectivity index (χ1) is 12.0. The molecule has 134 valence electrons. The molecule has 0 radical (unpaired) electrons. The molecule has 1 fully saturated rings. The van der Waals surface area contributed by atoms with E-state index in [4.69, 9.17) is 4.52 Å². The first-order valence-corrected chi connectivity index (χ1v) is 8.93. The molecule has 0 atom stereocenters. The van der Waals surface area contributed by atoms with Crippen LogP contribution in [0.2, 0.25) is 0 Å². The van der Waals surface area contributed by atoms with Crippen LogP contribution < -0.4 is 0 Å². The number of aromatic nitrogens is 2. The Hall–Kier alpha value is -2.21. The van der Waals surface area contributed by atoms with Crippen LogP contribution in [0.1, 0.15) is 44.6 Å². The third-order valence-corrected chi connectivity index (χ3v) is 4.70. The summed E-state index contributed by atoms with van der Waals surface area (Å²) in [7, 11) is 0. The Morgan fingerprint density at radius 2 is 1.92 bits per heavy atom. The van der Waals surface area contributed by atoms with E-state index in [1.54, 1.807) is 6.92 Å². The van der Waals surface area contributed by atoms with Gasteiger partial charge in [-0.05, 0) is 17.9 Å². The lowest BCUT2D eigenvalue weighted by Gasteiger charge is -2.19. The highest BCUT2D eigenvalue weighted by Crippen LogP contribution is 2.21. The van der Waals surface area contributed by atoms with Crippen LogP contribution >= 0.6 is 0 Å². The maximum Gasteiger partial charge on any atom is 0.241 e. The van der Waals surface area contributed by atoms with Crippen LogP contribution in [-0.2, 0) is 11.3 Å². The lowest BCUT2D eigenvalue weighted by atomic mass is 10.0. The second kappa shape index (κ2) is 7.78. The van der Waals surface area contributed by atoms with E-state index < -0.39 is 0 Å². The third-order valence-electron chi connectivity index (χ3n) is 4.70. The zero-order chi connectivity index (χ0) is 17.8. The highest BCUT2D eigenvalue weighted by molar-refractivity contribution is 5.73. The molecule has 6 heteroatoms. The van der Waals surface area contributed by atoms with E-state index in [1.807, 2.05) is 17.0 Å². The van der Waals surface area contributed by atoms with E-state index >= 15 is 0 Å². The molecule has 0 spiro atoms. The van der Waals surface area contributed by atoms with E-state index in [2.05, 4.69) is 41.0 Å². The van der Waals surface area contributed by atoms with Crippen molar-refractivity contribution in [1.82, 2.24) is 19.9 Å². The molecule has 0 saturated carbocycles. The van der Waals surface area contributed by atoms with Gasteiger partial charge in [-0.15, -0.1) is 0 Å². The van der Waals surface area contributed by atoms with Crippen molar-refractivity contribution in [1.29, 1.82) is 0 Å². The number of hydrogen-bond donors (Lipinski definition) is 0. The Balaban J connectivity index is 1.62. The van der Waals surface area contributed by atoms with Gasteiger partial charge in [0, 0.05) is 38.7 Å². The zero-order valence-corrected chi connectivity index (χ0v) is 15.2. The van der Waals surface area contributed by atoms with Crippen LogP contribution in [0.25, 0.3) is 11.4 Å². The molecule has 1 aromatic heterocycles. The molecule has 0 bridgehead atoms. The van der Waals surface area contributed by atoms with Crippen LogP contribution in [-0.4, -0.2) is 52.0 Å². The molecule has 1 saturated heterocycles. The smallest absolute Gasteiger partial charge is 0.241 e. The maximum absolute atomic E-state index is 11.5. The lowest BCUT2D eigenvalue weighted by Crippen LogP contribution is -2.33. The summed E-state index contributed by atoms with van der Waals surface area (Å²) in [5, 5.41) is 4.12. The number of carbonyl (C=O) groups is 1. The average molecular weight is 342 g/mol. The molecule has 2 aromatic rings. The van der Waals surface area contributed by atoms with Gasteiger partial charge in [0.15, 0.2) is 0 Å². The molecule has 6 nitrogen and oxygen atoms in total. The molecule has 0 unspecified atom stereocenters. The predicted octanol–water partition coefficient (Wildman–Crippen LogP) is 2.91. The molecular formula is C19H26N4O2. The zero-order valence-electron chi connectivity index (χ0n) is 15.2. The van der Waals surface area contributed by atoms with Crippen molar-refractivity contribution in [2.75, 3.05) is 26.2 Å². The summed E-state index contributed by atoms with van der Waals surface area (Å²) >= 11 is 0. The molecule has 2 heterocycles. The first kappa shape index (κ1) is 17.6. The summed E-state index contributed by atoms with van der Waals surface area (Å²) in [4.78, 5) is 20.2. The summed E-state index contributed by atoms with van der Waals surface area (Å²) < 4.78 is 5.43. The molecule has 0 aliphatic carbocycles. The van der Waals surface area contributed by atoms with Crippen LogP contribution in [0.5, 0.6) is 0 Å². The van der Waals surface area contributed by atoms with E-state index in [0.29, 0.717) is 24.2 Å². The molecule has 0 N–H and O–H groups in total. The molecule has 1 aromatic carbocycles. The summed E-state index contributed by atoms with van der Waals surface area (Å²) in [5.74, 6) is 1.91. The van der Waals surface area contributed by atoms with Crippen LogP contribution in [0.3, 0.4) is 0 Å². The van der Waals surface area contributed by atoms with Crippen LogP contribution in [0.4, 0.5) is 0 Å². The number of rotatable bonds is 4. The quantitative estimate of drug-likeness (QED) is 0.855. The Morgan fingerprint density at radius 3 is 2.60 bits per heavy atom. The van der Waals surface area contributed by atoms with Gasteiger partial charge in [0.25, 0.3) is 0 Å². The van der Waals surface area contributed by atoms with Gasteiger partial charge >= 0.3 is 0 Å². The normalized spacial score (nSPS) is 16.2. The lowest BCUT2D eigenvalue weighted by molar-refractivity contribution is -0.128. The predicted molar refractivity (Wildman–Crippen MR) is 96.0 cm³/mol. The molecule has 1 aliphatic rings. The Kier molecular flexibility index (Phi) is 5.48. The van der Waals surface area contributed by atoms with Gasteiger partial charge in [0.2, 0.25) is 17.6 Å². The fraction of sp³-hybridized carbons (Fsp3) is 0.526. The molecule has 1 amide bonds. The van der Waals surface area contributed by atoms with Gasteiger partial charge in [-0.25, -0.2) is 0 Å². The maximum atomic E-state index is 11.5. The van der Waals surface area contributed by atoms with E-state index in [9.17, 15) is 4.79 Å². The Labute approximate surface area is 148 Å². The summed E-state index contributed by atoms with van der Waals surface area (Å²) in [6.07, 6.45) is 0.969. The van der Waals surface area contributed by atoms with Crippen molar-refractivity contribution in [2.24, 2.45) is 0 Å². The summed E-state index contributed by atoms with van der Waals surface area (Å²) in [6, 6.07) is 8.31. The third kappa shape index (κ3) is 4.45. The van der Waals surface area contributed by atoms with Crippen molar-refractivity contribution in [3.05, 3.63) is 35.7 Å². The van der Waals surface area contributed by atoms with Gasteiger partial charge in [0.05, 0.1) is 6.54 Å². The topological polar surface area (TPSA) is 62.5 Å². The van der Waals surface area contributed by atoms with Crippen molar-refractivity contribution in [3.63, 3.8) is 0 Å². The number of carbonyl (C=O) groups excluding carboxylic acids is 1. The van der Waals surface area contributed by atoms with E-state index in [-0.39, 0.29) is 5.91 Å². The minimum absolute atomic E-state index is 0.145. The molecule has 1 aliphatic heterocycles. The number of amides is 1. The van der Waals surface area contributed by atoms with Gasteiger partial charge in [-0.1, -0.05) is 43.3 Å². The molecular weight excluding hydrogens is 316 g/mol. The van der Waals surface area contributed by atoms with Crippen molar-refractivity contribution < 1.29 is 9.32 Å². The highest BCUT2D eigenvalue weighted by atomic mass is 16.5. The monoisotopic (exact) mass is 342 g/mol.